The van der Waals surface area contributed by atoms with Crippen molar-refractivity contribution in [3.63, 3.8) is 0 Å². The standard InChI is InChI=1S/C14H21IN2/c1-14(2,3)11-6-8-17(9-7-11)13-5-4-12(15)10-16-13/h4-5,10-11H,6-9H2,1-3H3. The number of rotatable bonds is 1. The highest BCUT2D eigenvalue weighted by Crippen LogP contribution is 2.35. The SMILES string of the molecule is CC(C)(C)C1CCN(c2ccc(I)cn2)CC1. The first-order valence-corrected chi connectivity index (χ1v) is 7.41. The van der Waals surface area contributed by atoms with Crippen LogP contribution in [0.5, 0.6) is 0 Å². The highest BCUT2D eigenvalue weighted by Gasteiger charge is 2.28. The zero-order chi connectivity index (χ0) is 12.5. The van der Waals surface area contributed by atoms with Crippen LogP contribution in [0.1, 0.15) is 33.6 Å². The van der Waals surface area contributed by atoms with Gasteiger partial charge in [-0.05, 0) is 58.9 Å². The van der Waals surface area contributed by atoms with Crippen molar-refractivity contribution in [1.29, 1.82) is 0 Å². The first kappa shape index (κ1) is 13.1. The van der Waals surface area contributed by atoms with Crippen molar-refractivity contribution in [2.75, 3.05) is 18.0 Å². The lowest BCUT2D eigenvalue weighted by Crippen LogP contribution is -2.38. The van der Waals surface area contributed by atoms with Crippen LogP contribution in [0.4, 0.5) is 5.82 Å². The van der Waals surface area contributed by atoms with E-state index in [4.69, 9.17) is 0 Å². The molecule has 1 aliphatic heterocycles. The van der Waals surface area contributed by atoms with Gasteiger partial charge in [0.25, 0.3) is 0 Å². The molecule has 0 saturated carbocycles. The number of hydrogen-bond acceptors (Lipinski definition) is 2. The van der Waals surface area contributed by atoms with E-state index in [0.29, 0.717) is 5.41 Å². The van der Waals surface area contributed by atoms with E-state index in [2.05, 4.69) is 65.4 Å². The molecule has 0 N–H and O–H groups in total. The second kappa shape index (κ2) is 5.12. The van der Waals surface area contributed by atoms with Gasteiger partial charge in [0.15, 0.2) is 0 Å². The van der Waals surface area contributed by atoms with Gasteiger partial charge >= 0.3 is 0 Å². The minimum Gasteiger partial charge on any atom is -0.357 e. The second-order valence-electron chi connectivity index (χ2n) is 5.96. The first-order chi connectivity index (χ1) is 7.97. The molecule has 0 radical (unpaired) electrons. The summed E-state index contributed by atoms with van der Waals surface area (Å²) < 4.78 is 1.20. The van der Waals surface area contributed by atoms with E-state index >= 15 is 0 Å². The summed E-state index contributed by atoms with van der Waals surface area (Å²) in [6, 6.07) is 4.28. The van der Waals surface area contributed by atoms with Crippen LogP contribution in [0.25, 0.3) is 0 Å². The third-order valence-electron chi connectivity index (χ3n) is 3.76. The predicted octanol–water partition coefficient (Wildman–Crippen LogP) is 3.95. The van der Waals surface area contributed by atoms with Crippen LogP contribution in [0, 0.1) is 14.9 Å². The van der Waals surface area contributed by atoms with Gasteiger partial charge in [0.2, 0.25) is 0 Å². The molecule has 0 aromatic carbocycles. The van der Waals surface area contributed by atoms with Crippen LogP contribution < -0.4 is 4.90 Å². The lowest BCUT2D eigenvalue weighted by molar-refractivity contribution is 0.198. The number of piperidine rings is 1. The van der Waals surface area contributed by atoms with Gasteiger partial charge in [-0.25, -0.2) is 4.98 Å². The topological polar surface area (TPSA) is 16.1 Å². The normalized spacial score (nSPS) is 18.5. The van der Waals surface area contributed by atoms with Crippen LogP contribution in [0.15, 0.2) is 18.3 Å². The fraction of sp³-hybridized carbons (Fsp3) is 0.643. The summed E-state index contributed by atoms with van der Waals surface area (Å²) in [6.45, 7) is 9.37. The van der Waals surface area contributed by atoms with E-state index in [1.54, 1.807) is 0 Å². The largest absolute Gasteiger partial charge is 0.357 e. The van der Waals surface area contributed by atoms with Crippen molar-refractivity contribution in [3.05, 3.63) is 21.9 Å². The van der Waals surface area contributed by atoms with Crippen LogP contribution in [0.3, 0.4) is 0 Å². The molecule has 94 valence electrons. The molecule has 1 fully saturated rings. The highest BCUT2D eigenvalue weighted by molar-refractivity contribution is 14.1. The molecule has 17 heavy (non-hydrogen) atoms. The Labute approximate surface area is 118 Å². The molecule has 3 heteroatoms. The summed E-state index contributed by atoms with van der Waals surface area (Å²) in [5, 5.41) is 0. The first-order valence-electron chi connectivity index (χ1n) is 6.33. The number of halogens is 1. The Kier molecular flexibility index (Phi) is 3.95. The van der Waals surface area contributed by atoms with Gasteiger partial charge in [-0.2, -0.15) is 0 Å². The number of aromatic nitrogens is 1. The summed E-state index contributed by atoms with van der Waals surface area (Å²) >= 11 is 2.30. The van der Waals surface area contributed by atoms with Crippen molar-refractivity contribution >= 4 is 28.4 Å². The van der Waals surface area contributed by atoms with E-state index in [1.165, 1.54) is 16.4 Å². The Balaban J connectivity index is 1.97. The zero-order valence-corrected chi connectivity index (χ0v) is 13.1. The molecule has 1 aromatic heterocycles. The molecule has 0 unspecified atom stereocenters. The van der Waals surface area contributed by atoms with Gasteiger partial charge in [-0.15, -0.1) is 0 Å². The smallest absolute Gasteiger partial charge is 0.128 e. The van der Waals surface area contributed by atoms with Crippen molar-refractivity contribution in [3.8, 4) is 0 Å². The Hall–Kier alpha value is -0.320. The second-order valence-corrected chi connectivity index (χ2v) is 7.21. The highest BCUT2D eigenvalue weighted by atomic mass is 127. The van der Waals surface area contributed by atoms with E-state index in [-0.39, 0.29) is 0 Å². The van der Waals surface area contributed by atoms with E-state index in [0.717, 1.165) is 24.8 Å². The van der Waals surface area contributed by atoms with E-state index < -0.39 is 0 Å². The maximum Gasteiger partial charge on any atom is 0.128 e. The van der Waals surface area contributed by atoms with Gasteiger partial charge in [0, 0.05) is 22.9 Å². The molecule has 1 aliphatic rings. The molecule has 0 amide bonds. The van der Waals surface area contributed by atoms with E-state index in [1.807, 2.05) is 6.20 Å². The van der Waals surface area contributed by atoms with Crippen LogP contribution in [0.2, 0.25) is 0 Å². The molecular formula is C14H21IN2. The van der Waals surface area contributed by atoms with Crippen molar-refractivity contribution in [2.45, 2.75) is 33.6 Å². The summed E-state index contributed by atoms with van der Waals surface area (Å²) in [4.78, 5) is 6.92. The fourth-order valence-electron chi connectivity index (χ4n) is 2.53. The Bertz CT molecular complexity index is 359. The average Bonchev–Trinajstić information content (AvgIpc) is 2.29. The summed E-state index contributed by atoms with van der Waals surface area (Å²) in [5.74, 6) is 1.99. The fourth-order valence-corrected chi connectivity index (χ4v) is 2.85. The van der Waals surface area contributed by atoms with Gasteiger partial charge < -0.3 is 4.90 Å². The molecule has 2 heterocycles. The molecule has 1 aromatic rings. The summed E-state index contributed by atoms with van der Waals surface area (Å²) in [7, 11) is 0. The number of nitrogens with zero attached hydrogens (tertiary/aromatic N) is 2. The quantitative estimate of drug-likeness (QED) is 0.717. The van der Waals surface area contributed by atoms with Gasteiger partial charge in [-0.3, -0.25) is 0 Å². The third kappa shape index (κ3) is 3.33. The van der Waals surface area contributed by atoms with Gasteiger partial charge in [-0.1, -0.05) is 20.8 Å². The van der Waals surface area contributed by atoms with Crippen LogP contribution >= 0.6 is 22.6 Å². The van der Waals surface area contributed by atoms with Crippen LogP contribution in [-0.2, 0) is 0 Å². The zero-order valence-electron chi connectivity index (χ0n) is 10.9. The Morgan fingerprint density at radius 2 is 1.88 bits per heavy atom. The minimum absolute atomic E-state index is 0.450. The monoisotopic (exact) mass is 344 g/mol. The van der Waals surface area contributed by atoms with Gasteiger partial charge in [0.1, 0.15) is 5.82 Å². The van der Waals surface area contributed by atoms with Crippen molar-refractivity contribution in [2.24, 2.45) is 11.3 Å². The third-order valence-corrected chi connectivity index (χ3v) is 4.39. The molecule has 0 spiro atoms. The lowest BCUT2D eigenvalue weighted by Gasteiger charge is -2.39. The molecular weight excluding hydrogens is 323 g/mol. The molecule has 2 rings (SSSR count). The molecule has 0 bridgehead atoms. The molecule has 1 saturated heterocycles. The average molecular weight is 344 g/mol. The minimum atomic E-state index is 0.450. The Morgan fingerprint density at radius 3 is 2.35 bits per heavy atom. The number of pyridine rings is 1. The summed E-state index contributed by atoms with van der Waals surface area (Å²) in [6.07, 6.45) is 4.53. The number of anilines is 1. The van der Waals surface area contributed by atoms with Gasteiger partial charge in [0.05, 0.1) is 0 Å². The maximum atomic E-state index is 4.51. The maximum absolute atomic E-state index is 4.51. The number of hydrogen-bond donors (Lipinski definition) is 0. The lowest BCUT2D eigenvalue weighted by atomic mass is 9.75. The Morgan fingerprint density at radius 1 is 1.24 bits per heavy atom. The van der Waals surface area contributed by atoms with Crippen molar-refractivity contribution in [1.82, 2.24) is 4.98 Å². The summed E-state index contributed by atoms with van der Waals surface area (Å²) in [5.41, 5.74) is 0.450. The van der Waals surface area contributed by atoms with Crippen molar-refractivity contribution < 1.29 is 0 Å². The van der Waals surface area contributed by atoms with E-state index in [9.17, 15) is 0 Å². The molecule has 2 nitrogen and oxygen atoms in total. The van der Waals surface area contributed by atoms with Crippen LogP contribution in [-0.4, -0.2) is 18.1 Å². The predicted molar refractivity (Wildman–Crippen MR) is 81.3 cm³/mol. The molecule has 0 aliphatic carbocycles. The molecule has 0 atom stereocenters.